The van der Waals surface area contributed by atoms with Gasteiger partial charge < -0.3 is 15.8 Å². The molecule has 0 radical (unpaired) electrons. The molecule has 0 aliphatic rings. The Balaban J connectivity index is 1.82. The average Bonchev–Trinajstić information content (AvgIpc) is 2.96. The van der Waals surface area contributed by atoms with Gasteiger partial charge >= 0.3 is 0 Å². The molecule has 0 unspecified atom stereocenters. The first-order valence-electron chi connectivity index (χ1n) is 6.84. The maximum atomic E-state index is 10.7. The summed E-state index contributed by atoms with van der Waals surface area (Å²) in [6, 6.07) is 9.80. The third-order valence-electron chi connectivity index (χ3n) is 2.95. The van der Waals surface area contributed by atoms with Gasteiger partial charge in [-0.05, 0) is 30.7 Å². The first-order chi connectivity index (χ1) is 10.1. The minimum absolute atomic E-state index is 0.105. The van der Waals surface area contributed by atoms with Crippen molar-refractivity contribution < 1.29 is 9.53 Å². The summed E-state index contributed by atoms with van der Waals surface area (Å²) in [6.45, 7) is 3.53. The molecule has 1 aromatic carbocycles. The first kappa shape index (κ1) is 15.1. The number of carbonyl (C=O) groups is 1. The molecule has 0 saturated heterocycles. The molecule has 0 aliphatic heterocycles. The molecule has 0 bridgehead atoms. The van der Waals surface area contributed by atoms with Gasteiger partial charge in [-0.1, -0.05) is 12.1 Å². The maximum absolute atomic E-state index is 10.7. The number of nitrogens with one attached hydrogen (secondary N) is 1. The first-order valence-corrected chi connectivity index (χ1v) is 6.84. The number of amides is 1. The van der Waals surface area contributed by atoms with Gasteiger partial charge in [-0.15, -0.1) is 0 Å². The molecule has 0 spiro atoms. The summed E-state index contributed by atoms with van der Waals surface area (Å²) in [5, 5.41) is 7.60. The summed E-state index contributed by atoms with van der Waals surface area (Å²) in [5.74, 6) is 0.166. The highest BCUT2D eigenvalue weighted by Crippen LogP contribution is 2.13. The number of primary amides is 1. The Morgan fingerprint density at radius 1 is 1.48 bits per heavy atom. The SMILES string of the molecule is C[C@@H](Cn1cccn1)NCc1cccc(OCC(N)=O)c1. The van der Waals surface area contributed by atoms with E-state index < -0.39 is 5.91 Å². The van der Waals surface area contributed by atoms with Crippen LogP contribution < -0.4 is 15.8 Å². The molecule has 21 heavy (non-hydrogen) atoms. The van der Waals surface area contributed by atoms with E-state index >= 15 is 0 Å². The lowest BCUT2D eigenvalue weighted by atomic mass is 10.2. The van der Waals surface area contributed by atoms with Crippen molar-refractivity contribution in [3.63, 3.8) is 0 Å². The summed E-state index contributed by atoms with van der Waals surface area (Å²) in [6.07, 6.45) is 3.71. The Labute approximate surface area is 123 Å². The Bertz CT molecular complexity index is 569. The molecule has 0 fully saturated rings. The van der Waals surface area contributed by atoms with Crippen molar-refractivity contribution >= 4 is 5.91 Å². The molecule has 1 heterocycles. The van der Waals surface area contributed by atoms with Crippen LogP contribution in [-0.4, -0.2) is 28.3 Å². The van der Waals surface area contributed by atoms with Gasteiger partial charge in [0.1, 0.15) is 5.75 Å². The van der Waals surface area contributed by atoms with Crippen LogP contribution in [0.5, 0.6) is 5.75 Å². The normalized spacial score (nSPS) is 12.0. The predicted molar refractivity (Wildman–Crippen MR) is 79.7 cm³/mol. The van der Waals surface area contributed by atoms with Crippen LogP contribution in [0.15, 0.2) is 42.7 Å². The van der Waals surface area contributed by atoms with Gasteiger partial charge in [-0.2, -0.15) is 5.10 Å². The lowest BCUT2D eigenvalue weighted by Crippen LogP contribution is -2.30. The highest BCUT2D eigenvalue weighted by Gasteiger charge is 2.04. The molecule has 0 aliphatic carbocycles. The highest BCUT2D eigenvalue weighted by atomic mass is 16.5. The van der Waals surface area contributed by atoms with Crippen LogP contribution >= 0.6 is 0 Å². The molecule has 6 nitrogen and oxygen atoms in total. The molecule has 2 aromatic rings. The van der Waals surface area contributed by atoms with Gasteiger partial charge in [0.25, 0.3) is 5.91 Å². The average molecular weight is 288 g/mol. The Morgan fingerprint density at radius 2 is 2.33 bits per heavy atom. The second-order valence-electron chi connectivity index (χ2n) is 4.91. The van der Waals surface area contributed by atoms with Crippen molar-refractivity contribution in [1.29, 1.82) is 0 Å². The number of nitrogens with two attached hydrogens (primary N) is 1. The molecule has 6 heteroatoms. The number of hydrogen-bond donors (Lipinski definition) is 2. The van der Waals surface area contributed by atoms with Gasteiger partial charge in [0.15, 0.2) is 6.61 Å². The maximum Gasteiger partial charge on any atom is 0.255 e. The van der Waals surface area contributed by atoms with Crippen molar-refractivity contribution in [2.75, 3.05) is 6.61 Å². The predicted octanol–water partition coefficient (Wildman–Crippen LogP) is 0.925. The number of hydrogen-bond acceptors (Lipinski definition) is 4. The molecule has 2 rings (SSSR count). The van der Waals surface area contributed by atoms with E-state index in [1.807, 2.05) is 35.1 Å². The van der Waals surface area contributed by atoms with E-state index in [0.717, 1.165) is 18.7 Å². The van der Waals surface area contributed by atoms with Gasteiger partial charge in [0, 0.05) is 25.0 Å². The number of aromatic nitrogens is 2. The number of carbonyl (C=O) groups excluding carboxylic acids is 1. The summed E-state index contributed by atoms with van der Waals surface area (Å²) in [4.78, 5) is 10.7. The molecule has 1 aromatic heterocycles. The fraction of sp³-hybridized carbons (Fsp3) is 0.333. The second kappa shape index (κ2) is 7.44. The molecule has 0 saturated carbocycles. The van der Waals surface area contributed by atoms with Crippen LogP contribution in [0.2, 0.25) is 0 Å². The lowest BCUT2D eigenvalue weighted by Gasteiger charge is -2.14. The molecular weight excluding hydrogens is 268 g/mol. The van der Waals surface area contributed by atoms with E-state index in [2.05, 4.69) is 17.3 Å². The third-order valence-corrected chi connectivity index (χ3v) is 2.95. The molecule has 3 N–H and O–H groups in total. The van der Waals surface area contributed by atoms with Gasteiger partial charge in [-0.3, -0.25) is 9.48 Å². The molecule has 1 amide bonds. The largest absolute Gasteiger partial charge is 0.484 e. The third kappa shape index (κ3) is 5.27. The Hall–Kier alpha value is -2.34. The van der Waals surface area contributed by atoms with Crippen LogP contribution in [0.25, 0.3) is 0 Å². The Morgan fingerprint density at radius 3 is 3.05 bits per heavy atom. The number of benzene rings is 1. The van der Waals surface area contributed by atoms with E-state index in [-0.39, 0.29) is 6.61 Å². The molecule has 1 atom stereocenters. The van der Waals surface area contributed by atoms with Gasteiger partial charge in [0.2, 0.25) is 0 Å². The van der Waals surface area contributed by atoms with E-state index in [1.165, 1.54) is 0 Å². The van der Waals surface area contributed by atoms with Gasteiger partial charge in [0.05, 0.1) is 6.54 Å². The quantitative estimate of drug-likeness (QED) is 0.757. The van der Waals surface area contributed by atoms with Crippen LogP contribution in [0.1, 0.15) is 12.5 Å². The summed E-state index contributed by atoms with van der Waals surface area (Å²) in [5.41, 5.74) is 6.14. The summed E-state index contributed by atoms with van der Waals surface area (Å²) in [7, 11) is 0. The number of nitrogens with zero attached hydrogens (tertiary/aromatic N) is 2. The lowest BCUT2D eigenvalue weighted by molar-refractivity contribution is -0.119. The fourth-order valence-electron chi connectivity index (χ4n) is 1.95. The van der Waals surface area contributed by atoms with Crippen molar-refractivity contribution in [3.8, 4) is 5.75 Å². The van der Waals surface area contributed by atoms with Crippen molar-refractivity contribution in [2.45, 2.75) is 26.1 Å². The number of rotatable bonds is 8. The zero-order chi connectivity index (χ0) is 15.1. The molecule has 112 valence electrons. The standard InChI is InChI=1S/C15H20N4O2/c1-12(10-19-7-3-6-18-19)17-9-13-4-2-5-14(8-13)21-11-15(16)20/h2-8,12,17H,9-11H2,1H3,(H2,16,20)/t12-/m0/s1. The van der Waals surface area contributed by atoms with E-state index in [4.69, 9.17) is 10.5 Å². The topological polar surface area (TPSA) is 82.2 Å². The van der Waals surface area contributed by atoms with Crippen molar-refractivity contribution in [1.82, 2.24) is 15.1 Å². The zero-order valence-corrected chi connectivity index (χ0v) is 12.0. The van der Waals surface area contributed by atoms with Crippen LogP contribution in [0, 0.1) is 0 Å². The summed E-state index contributed by atoms with van der Waals surface area (Å²) < 4.78 is 7.18. The smallest absolute Gasteiger partial charge is 0.255 e. The van der Waals surface area contributed by atoms with Crippen LogP contribution in [0.3, 0.4) is 0 Å². The van der Waals surface area contributed by atoms with Crippen LogP contribution in [-0.2, 0) is 17.9 Å². The van der Waals surface area contributed by atoms with Crippen molar-refractivity contribution in [2.24, 2.45) is 5.73 Å². The van der Waals surface area contributed by atoms with Gasteiger partial charge in [-0.25, -0.2) is 0 Å². The van der Waals surface area contributed by atoms with E-state index in [0.29, 0.717) is 11.8 Å². The minimum Gasteiger partial charge on any atom is -0.484 e. The zero-order valence-electron chi connectivity index (χ0n) is 12.0. The van der Waals surface area contributed by atoms with Crippen molar-refractivity contribution in [3.05, 3.63) is 48.3 Å². The fourth-order valence-corrected chi connectivity index (χ4v) is 1.95. The minimum atomic E-state index is -0.480. The van der Waals surface area contributed by atoms with Crippen LogP contribution in [0.4, 0.5) is 0 Å². The Kier molecular flexibility index (Phi) is 5.34. The highest BCUT2D eigenvalue weighted by molar-refractivity contribution is 5.75. The number of ether oxygens (including phenoxy) is 1. The summed E-state index contributed by atoms with van der Waals surface area (Å²) >= 11 is 0. The van der Waals surface area contributed by atoms with E-state index in [9.17, 15) is 4.79 Å². The second-order valence-corrected chi connectivity index (χ2v) is 4.91. The molecular formula is C15H20N4O2. The monoisotopic (exact) mass is 288 g/mol. The van der Waals surface area contributed by atoms with E-state index in [1.54, 1.807) is 12.3 Å².